The number of nitrogens with two attached hydrogens (primary N) is 1. The normalized spacial score (nSPS) is 20.4. The molecule has 0 bridgehead atoms. The molecule has 2 nitrogen and oxygen atoms in total. The van der Waals surface area contributed by atoms with Crippen LogP contribution in [-0.2, 0) is 4.74 Å². The van der Waals surface area contributed by atoms with E-state index in [1.807, 2.05) is 0 Å². The molecule has 1 aromatic rings. The van der Waals surface area contributed by atoms with E-state index < -0.39 is 0 Å². The largest absolute Gasteiger partial charge is 0.381 e. The van der Waals surface area contributed by atoms with Crippen molar-refractivity contribution in [1.82, 2.24) is 0 Å². The Balaban J connectivity index is 1.91. The van der Waals surface area contributed by atoms with Crippen LogP contribution in [0.4, 0.5) is 0 Å². The van der Waals surface area contributed by atoms with Gasteiger partial charge in [0, 0.05) is 28.6 Å². The standard InChI is InChI=1S/C11H16BrNOS/c12-9-3-6-15-11(9)10(13)7-8-1-4-14-5-2-8/h3,6,8,10H,1-2,4-5,7,13H2. The van der Waals surface area contributed by atoms with E-state index in [1.165, 1.54) is 4.88 Å². The van der Waals surface area contributed by atoms with Gasteiger partial charge in [0.25, 0.3) is 0 Å². The van der Waals surface area contributed by atoms with Crippen LogP contribution in [0.15, 0.2) is 15.9 Å². The quantitative estimate of drug-likeness (QED) is 0.926. The molecule has 0 amide bonds. The summed E-state index contributed by atoms with van der Waals surface area (Å²) in [4.78, 5) is 1.28. The molecule has 1 aliphatic heterocycles. The first-order chi connectivity index (χ1) is 7.27. The fraction of sp³-hybridized carbons (Fsp3) is 0.636. The third-order valence-corrected chi connectivity index (χ3v) is 4.91. The molecule has 0 saturated carbocycles. The minimum atomic E-state index is 0.183. The van der Waals surface area contributed by atoms with E-state index in [4.69, 9.17) is 10.5 Å². The maximum Gasteiger partial charge on any atom is 0.0468 e. The molecule has 1 aromatic heterocycles. The van der Waals surface area contributed by atoms with Crippen molar-refractivity contribution < 1.29 is 4.74 Å². The van der Waals surface area contributed by atoms with Gasteiger partial charge in [0.2, 0.25) is 0 Å². The van der Waals surface area contributed by atoms with Crippen molar-refractivity contribution in [1.29, 1.82) is 0 Å². The Bertz CT molecular complexity index is 309. The van der Waals surface area contributed by atoms with Gasteiger partial charge in [0.05, 0.1) is 0 Å². The summed E-state index contributed by atoms with van der Waals surface area (Å²) in [6.07, 6.45) is 3.41. The molecule has 1 fully saturated rings. The molecule has 1 aliphatic rings. The summed E-state index contributed by atoms with van der Waals surface area (Å²) >= 11 is 5.28. The van der Waals surface area contributed by atoms with Crippen LogP contribution in [0.1, 0.15) is 30.2 Å². The molecule has 4 heteroatoms. The Morgan fingerprint density at radius 2 is 2.27 bits per heavy atom. The SMILES string of the molecule is NC(CC1CCOCC1)c1sccc1Br. The van der Waals surface area contributed by atoms with Gasteiger partial charge in [-0.2, -0.15) is 0 Å². The molecule has 0 radical (unpaired) electrons. The number of hydrogen-bond acceptors (Lipinski definition) is 3. The van der Waals surface area contributed by atoms with Gasteiger partial charge in [0.15, 0.2) is 0 Å². The summed E-state index contributed by atoms with van der Waals surface area (Å²) in [6.45, 7) is 1.81. The highest BCUT2D eigenvalue weighted by Crippen LogP contribution is 2.33. The molecule has 0 aromatic carbocycles. The molecule has 2 heterocycles. The number of halogens is 1. The van der Waals surface area contributed by atoms with Gasteiger partial charge in [0.1, 0.15) is 0 Å². The van der Waals surface area contributed by atoms with E-state index in [-0.39, 0.29) is 6.04 Å². The number of ether oxygens (including phenoxy) is 1. The van der Waals surface area contributed by atoms with Gasteiger partial charge in [-0.3, -0.25) is 0 Å². The second-order valence-electron chi connectivity index (χ2n) is 4.03. The molecule has 1 saturated heterocycles. The monoisotopic (exact) mass is 289 g/mol. The van der Waals surface area contributed by atoms with Crippen LogP contribution in [0, 0.1) is 5.92 Å². The molecule has 0 spiro atoms. The van der Waals surface area contributed by atoms with Crippen LogP contribution in [0.5, 0.6) is 0 Å². The molecular weight excluding hydrogens is 274 g/mol. The topological polar surface area (TPSA) is 35.2 Å². The van der Waals surface area contributed by atoms with E-state index >= 15 is 0 Å². The highest BCUT2D eigenvalue weighted by atomic mass is 79.9. The van der Waals surface area contributed by atoms with Crippen LogP contribution in [-0.4, -0.2) is 13.2 Å². The van der Waals surface area contributed by atoms with Gasteiger partial charge in [-0.05, 0) is 52.6 Å². The number of rotatable bonds is 3. The highest BCUT2D eigenvalue weighted by Gasteiger charge is 2.19. The van der Waals surface area contributed by atoms with Crippen LogP contribution in [0.2, 0.25) is 0 Å². The van der Waals surface area contributed by atoms with E-state index in [2.05, 4.69) is 27.4 Å². The van der Waals surface area contributed by atoms with E-state index in [1.54, 1.807) is 11.3 Å². The number of thiophene rings is 1. The Labute approximate surface area is 103 Å². The summed E-state index contributed by atoms with van der Waals surface area (Å²) in [5.74, 6) is 0.739. The maximum absolute atomic E-state index is 6.21. The summed E-state index contributed by atoms with van der Waals surface area (Å²) in [7, 11) is 0. The zero-order valence-electron chi connectivity index (χ0n) is 8.62. The Hall–Kier alpha value is 0.100. The minimum absolute atomic E-state index is 0.183. The summed E-state index contributed by atoms with van der Waals surface area (Å²) in [6, 6.07) is 2.26. The second kappa shape index (κ2) is 5.43. The van der Waals surface area contributed by atoms with Crippen molar-refractivity contribution in [3.05, 3.63) is 20.8 Å². The summed E-state index contributed by atoms with van der Waals surface area (Å²) in [5.41, 5.74) is 6.21. The first kappa shape index (κ1) is 11.6. The highest BCUT2D eigenvalue weighted by molar-refractivity contribution is 9.10. The average Bonchev–Trinajstić information content (AvgIpc) is 2.66. The second-order valence-corrected chi connectivity index (χ2v) is 5.83. The zero-order valence-corrected chi connectivity index (χ0v) is 11.0. The number of hydrogen-bond donors (Lipinski definition) is 1. The lowest BCUT2D eigenvalue weighted by molar-refractivity contribution is 0.0619. The van der Waals surface area contributed by atoms with Crippen molar-refractivity contribution in [2.75, 3.05) is 13.2 Å². The Morgan fingerprint density at radius 3 is 2.87 bits per heavy atom. The van der Waals surface area contributed by atoms with E-state index in [9.17, 15) is 0 Å². The molecule has 1 atom stereocenters. The molecule has 0 aliphatic carbocycles. The maximum atomic E-state index is 6.21. The zero-order chi connectivity index (χ0) is 10.7. The minimum Gasteiger partial charge on any atom is -0.381 e. The Morgan fingerprint density at radius 1 is 1.53 bits per heavy atom. The van der Waals surface area contributed by atoms with Crippen LogP contribution < -0.4 is 5.73 Å². The molecule has 2 rings (SSSR count). The fourth-order valence-electron chi connectivity index (χ4n) is 2.02. The third-order valence-electron chi connectivity index (χ3n) is 2.91. The lowest BCUT2D eigenvalue weighted by atomic mass is 9.92. The predicted molar refractivity (Wildman–Crippen MR) is 67.1 cm³/mol. The predicted octanol–water partition coefficient (Wildman–Crippen LogP) is 3.33. The molecule has 1 unspecified atom stereocenters. The lowest BCUT2D eigenvalue weighted by Crippen LogP contribution is -2.21. The third kappa shape index (κ3) is 3.03. The summed E-state index contributed by atoms with van der Waals surface area (Å²) in [5, 5.41) is 2.09. The van der Waals surface area contributed by atoms with Gasteiger partial charge < -0.3 is 10.5 Å². The van der Waals surface area contributed by atoms with Crippen molar-refractivity contribution in [3.63, 3.8) is 0 Å². The average molecular weight is 290 g/mol. The van der Waals surface area contributed by atoms with Crippen LogP contribution >= 0.6 is 27.3 Å². The van der Waals surface area contributed by atoms with Gasteiger partial charge >= 0.3 is 0 Å². The summed E-state index contributed by atoms with van der Waals surface area (Å²) < 4.78 is 6.51. The van der Waals surface area contributed by atoms with Crippen molar-refractivity contribution in [2.24, 2.45) is 11.7 Å². The Kier molecular flexibility index (Phi) is 4.20. The molecule has 15 heavy (non-hydrogen) atoms. The first-order valence-corrected chi connectivity index (χ1v) is 7.01. The van der Waals surface area contributed by atoms with E-state index in [0.29, 0.717) is 0 Å². The van der Waals surface area contributed by atoms with Gasteiger partial charge in [-0.25, -0.2) is 0 Å². The van der Waals surface area contributed by atoms with Crippen molar-refractivity contribution >= 4 is 27.3 Å². The van der Waals surface area contributed by atoms with Crippen molar-refractivity contribution in [2.45, 2.75) is 25.3 Å². The van der Waals surface area contributed by atoms with E-state index in [0.717, 1.165) is 42.9 Å². The first-order valence-electron chi connectivity index (χ1n) is 5.33. The molecule has 2 N–H and O–H groups in total. The molecular formula is C11H16BrNOS. The van der Waals surface area contributed by atoms with Gasteiger partial charge in [-0.15, -0.1) is 11.3 Å². The smallest absolute Gasteiger partial charge is 0.0468 e. The van der Waals surface area contributed by atoms with Gasteiger partial charge in [-0.1, -0.05) is 0 Å². The van der Waals surface area contributed by atoms with Crippen LogP contribution in [0.3, 0.4) is 0 Å². The molecule has 84 valence electrons. The van der Waals surface area contributed by atoms with Crippen molar-refractivity contribution in [3.8, 4) is 0 Å². The fourth-order valence-corrected chi connectivity index (χ4v) is 3.70. The lowest BCUT2D eigenvalue weighted by Gasteiger charge is -2.24. The van der Waals surface area contributed by atoms with Crippen LogP contribution in [0.25, 0.3) is 0 Å².